The number of fused-ring (bicyclic) bond motifs is 2. The number of amidine groups is 1. The van der Waals surface area contributed by atoms with Crippen LogP contribution >= 0.6 is 0 Å². The number of aryl methyl sites for hydroxylation is 1. The third-order valence-electron chi connectivity index (χ3n) is 7.59. The molecular weight excluding hydrogens is 543 g/mol. The monoisotopic (exact) mass is 578 g/mol. The minimum absolute atomic E-state index is 0.151. The van der Waals surface area contributed by atoms with Crippen LogP contribution in [-0.2, 0) is 6.42 Å². The predicted octanol–water partition coefficient (Wildman–Crippen LogP) is 4.78. The summed E-state index contributed by atoms with van der Waals surface area (Å²) >= 11 is 0. The van der Waals surface area contributed by atoms with Crippen LogP contribution in [0.3, 0.4) is 0 Å². The Hall–Kier alpha value is -4.74. The van der Waals surface area contributed by atoms with Crippen molar-refractivity contribution < 1.29 is 4.39 Å². The second kappa shape index (κ2) is 11.9. The van der Waals surface area contributed by atoms with Crippen LogP contribution in [0.5, 0.6) is 0 Å². The summed E-state index contributed by atoms with van der Waals surface area (Å²) in [5.74, 6) is 1.06. The zero-order valence-corrected chi connectivity index (χ0v) is 24.6. The Morgan fingerprint density at radius 1 is 1.19 bits per heavy atom. The highest BCUT2D eigenvalue weighted by atomic mass is 19.1. The van der Waals surface area contributed by atoms with Crippen molar-refractivity contribution in [3.05, 3.63) is 78.7 Å². The molecular formula is C32H35FN10. The number of allylic oxidation sites excluding steroid dienone is 1. The van der Waals surface area contributed by atoms with Gasteiger partial charge in [-0.2, -0.15) is 5.10 Å². The summed E-state index contributed by atoms with van der Waals surface area (Å²) in [4.78, 5) is 26.4. The van der Waals surface area contributed by atoms with E-state index in [1.807, 2.05) is 39.2 Å². The Labute approximate surface area is 249 Å². The number of nitrogens with zero attached hydrogens (tertiary/aromatic N) is 7. The van der Waals surface area contributed by atoms with Crippen LogP contribution in [0.4, 0.5) is 4.39 Å². The van der Waals surface area contributed by atoms with E-state index in [0.29, 0.717) is 28.4 Å². The van der Waals surface area contributed by atoms with Gasteiger partial charge >= 0.3 is 0 Å². The number of nitrogens with one attached hydrogen (secondary N) is 2. The highest BCUT2D eigenvalue weighted by molar-refractivity contribution is 5.99. The van der Waals surface area contributed by atoms with E-state index >= 15 is 0 Å². The van der Waals surface area contributed by atoms with Gasteiger partial charge in [-0.25, -0.2) is 14.4 Å². The van der Waals surface area contributed by atoms with Gasteiger partial charge in [0, 0.05) is 36.3 Å². The zero-order valence-electron chi connectivity index (χ0n) is 24.6. The fourth-order valence-corrected chi connectivity index (χ4v) is 5.38. The molecule has 1 aromatic carbocycles. The van der Waals surface area contributed by atoms with Gasteiger partial charge in [0.25, 0.3) is 0 Å². The van der Waals surface area contributed by atoms with E-state index in [1.54, 1.807) is 30.7 Å². The number of nitrogens with two attached hydrogens (primary N) is 1. The van der Waals surface area contributed by atoms with Gasteiger partial charge < -0.3 is 20.5 Å². The van der Waals surface area contributed by atoms with Crippen LogP contribution < -0.4 is 5.73 Å². The fourth-order valence-electron chi connectivity index (χ4n) is 5.38. The van der Waals surface area contributed by atoms with Gasteiger partial charge in [0.05, 0.1) is 40.3 Å². The van der Waals surface area contributed by atoms with E-state index in [1.165, 1.54) is 6.07 Å². The van der Waals surface area contributed by atoms with Crippen molar-refractivity contribution >= 4 is 33.5 Å². The van der Waals surface area contributed by atoms with E-state index in [-0.39, 0.29) is 11.9 Å². The topological polar surface area (TPSA) is 128 Å². The Morgan fingerprint density at radius 2 is 2.02 bits per heavy atom. The molecule has 10 nitrogen and oxygen atoms in total. The number of aliphatic imine (C=N–C) groups is 1. The summed E-state index contributed by atoms with van der Waals surface area (Å²) < 4.78 is 14.7. The molecule has 0 bridgehead atoms. The number of halogens is 1. The van der Waals surface area contributed by atoms with E-state index in [0.717, 1.165) is 71.4 Å². The van der Waals surface area contributed by atoms with Crippen LogP contribution in [0.2, 0.25) is 0 Å². The minimum Gasteiger partial charge on any atom is -0.353 e. The van der Waals surface area contributed by atoms with Gasteiger partial charge in [0.1, 0.15) is 17.3 Å². The summed E-state index contributed by atoms with van der Waals surface area (Å²) in [6.45, 7) is 8.28. The molecule has 6 rings (SSSR count). The van der Waals surface area contributed by atoms with Gasteiger partial charge in [0.2, 0.25) is 0 Å². The summed E-state index contributed by atoms with van der Waals surface area (Å²) in [5, 5.41) is 8.47. The molecule has 220 valence electrons. The number of aromatic nitrogens is 6. The van der Waals surface area contributed by atoms with E-state index in [4.69, 9.17) is 15.7 Å². The third kappa shape index (κ3) is 5.81. The van der Waals surface area contributed by atoms with E-state index in [9.17, 15) is 4.39 Å². The standard InChI is InChI=1S/C32H35FN10/c1-5-25(37-29(6-2)43-17-22(34)18-43)26-13-23-27(16-36-26)40-41-31(23)32-38-28-15-35-14-24(30(28)39-32)20-10-19(11-21(33)12-20)8-7-9-42(3)4/h5-6,10-16,22H,2,7-9,17-18,34H2,1,3-4H3,(H,38,39)(H,40,41)/b25-5-,37-29?. The quantitative estimate of drug-likeness (QED) is 0.170. The molecule has 0 atom stereocenters. The van der Waals surface area contributed by atoms with E-state index in [2.05, 4.69) is 41.5 Å². The van der Waals surface area contributed by atoms with Crippen LogP contribution in [-0.4, -0.2) is 85.5 Å². The van der Waals surface area contributed by atoms with Crippen LogP contribution in [0.15, 0.2) is 66.6 Å². The first-order valence-electron chi connectivity index (χ1n) is 14.3. The van der Waals surface area contributed by atoms with Crippen LogP contribution in [0, 0.1) is 5.82 Å². The van der Waals surface area contributed by atoms with Gasteiger partial charge in [-0.15, -0.1) is 0 Å². The molecule has 0 amide bonds. The summed E-state index contributed by atoms with van der Waals surface area (Å²) in [7, 11) is 4.07. The Morgan fingerprint density at radius 3 is 2.77 bits per heavy atom. The smallest absolute Gasteiger partial charge is 0.159 e. The molecule has 5 heterocycles. The molecule has 1 fully saturated rings. The zero-order chi connectivity index (χ0) is 30.1. The lowest BCUT2D eigenvalue weighted by Crippen LogP contribution is -2.57. The second-order valence-corrected chi connectivity index (χ2v) is 11.1. The molecule has 0 aliphatic carbocycles. The number of likely N-dealkylation sites (tertiary alicyclic amines) is 1. The molecule has 1 saturated heterocycles. The first-order chi connectivity index (χ1) is 20.8. The fraction of sp³-hybridized carbons (Fsp3) is 0.281. The maximum absolute atomic E-state index is 14.7. The lowest BCUT2D eigenvalue weighted by Gasteiger charge is -2.38. The Balaban J connectivity index is 1.36. The maximum Gasteiger partial charge on any atom is 0.159 e. The number of pyridine rings is 2. The van der Waals surface area contributed by atoms with Crippen molar-refractivity contribution in [3.8, 4) is 22.6 Å². The summed E-state index contributed by atoms with van der Waals surface area (Å²) in [6, 6.07) is 7.26. The Kier molecular flexibility index (Phi) is 7.83. The first kappa shape index (κ1) is 28.4. The molecule has 1 aliphatic heterocycles. The number of imidazole rings is 1. The van der Waals surface area contributed by atoms with Crippen LogP contribution in [0.25, 0.3) is 50.3 Å². The van der Waals surface area contributed by atoms with Gasteiger partial charge in [-0.05, 0) is 75.8 Å². The average Bonchev–Trinajstić information content (AvgIpc) is 3.60. The normalized spacial score (nSPS) is 14.7. The first-order valence-corrected chi connectivity index (χ1v) is 14.3. The minimum atomic E-state index is -0.276. The van der Waals surface area contributed by atoms with Gasteiger partial charge in [-0.3, -0.25) is 15.1 Å². The number of hydrogen-bond donors (Lipinski definition) is 3. The third-order valence-corrected chi connectivity index (χ3v) is 7.59. The van der Waals surface area contributed by atoms with Crippen molar-refractivity contribution in [2.75, 3.05) is 33.7 Å². The molecule has 0 saturated carbocycles. The van der Waals surface area contributed by atoms with Crippen molar-refractivity contribution in [2.45, 2.75) is 25.8 Å². The van der Waals surface area contributed by atoms with Crippen molar-refractivity contribution in [1.82, 2.24) is 39.9 Å². The van der Waals surface area contributed by atoms with Gasteiger partial charge in [0.15, 0.2) is 5.82 Å². The second-order valence-electron chi connectivity index (χ2n) is 11.1. The molecule has 5 aromatic rings. The predicted molar refractivity (Wildman–Crippen MR) is 170 cm³/mol. The highest BCUT2D eigenvalue weighted by Crippen LogP contribution is 2.32. The van der Waals surface area contributed by atoms with Crippen molar-refractivity contribution in [3.63, 3.8) is 0 Å². The Bertz CT molecular complexity index is 1860. The lowest BCUT2D eigenvalue weighted by atomic mass is 10.0. The molecule has 0 spiro atoms. The number of benzene rings is 1. The van der Waals surface area contributed by atoms with Crippen LogP contribution in [0.1, 0.15) is 24.6 Å². The molecule has 0 unspecified atom stereocenters. The summed E-state index contributed by atoms with van der Waals surface area (Å²) in [5.41, 5.74) is 12.7. The number of aromatic amines is 2. The van der Waals surface area contributed by atoms with Gasteiger partial charge in [-0.1, -0.05) is 18.7 Å². The lowest BCUT2D eigenvalue weighted by molar-refractivity contribution is 0.256. The van der Waals surface area contributed by atoms with E-state index < -0.39 is 0 Å². The molecule has 4 N–H and O–H groups in total. The largest absolute Gasteiger partial charge is 0.353 e. The number of H-pyrrole nitrogens is 2. The average molecular weight is 579 g/mol. The molecule has 11 heteroatoms. The molecule has 4 aromatic heterocycles. The van der Waals surface area contributed by atoms with Crippen molar-refractivity contribution in [1.29, 1.82) is 0 Å². The van der Waals surface area contributed by atoms with Crippen molar-refractivity contribution in [2.24, 2.45) is 10.7 Å². The maximum atomic E-state index is 14.7. The number of hydrogen-bond acceptors (Lipinski definition) is 7. The molecule has 0 radical (unpaired) electrons. The summed E-state index contributed by atoms with van der Waals surface area (Å²) in [6.07, 6.45) is 10.6. The number of rotatable bonds is 9. The highest BCUT2D eigenvalue weighted by Gasteiger charge is 2.25. The molecule has 43 heavy (non-hydrogen) atoms. The molecule has 1 aliphatic rings. The SMILES string of the molecule is C=CC(=N/C(=C\C)c1cc2c(-c3nc4c(-c5cc(F)cc(CCCN(C)C)c5)cncc4[nH]3)n[nH]c2cn1)N1CC(N)C1.